The second-order valence-electron chi connectivity index (χ2n) is 12.1. The highest BCUT2D eigenvalue weighted by molar-refractivity contribution is 7.91. The highest BCUT2D eigenvalue weighted by Gasteiger charge is 2.40. The zero-order valence-corrected chi connectivity index (χ0v) is 27.0. The van der Waals surface area contributed by atoms with Gasteiger partial charge < -0.3 is 21.1 Å². The van der Waals surface area contributed by atoms with E-state index in [1.54, 1.807) is 24.3 Å². The lowest BCUT2D eigenvalue weighted by atomic mass is 9.77. The number of amides is 2. The number of hydrogen-bond donors (Lipinski definition) is 4. The number of halogens is 2. The molecule has 4 unspecified atom stereocenters. The van der Waals surface area contributed by atoms with Gasteiger partial charge in [-0.2, -0.15) is 4.31 Å². The lowest BCUT2D eigenvalue weighted by Gasteiger charge is -2.37. The van der Waals surface area contributed by atoms with Gasteiger partial charge in [-0.3, -0.25) is 4.79 Å². The normalized spacial score (nSPS) is 25.8. The number of carbonyl (C=O) groups is 2. The number of sulfone groups is 1. The van der Waals surface area contributed by atoms with Crippen molar-refractivity contribution in [2.75, 3.05) is 35.7 Å². The fourth-order valence-corrected chi connectivity index (χ4v) is 10.3. The standard InChI is InChI=1S/C30H38ClFN4O7S2/c31-21-8-6-19(7-9-21)27(20-12-15-44(40,41)16-13-20)28(35-30(38)39)29(37)34-26-5-1-4-25(32)24(26)11-10-23-17-33-22-3-2-14-45(42,43)36(23)18-22/h1,4-9,20,22-23,27-28,33,35H,2-3,10-18H2,(H,34,37)(H,38,39)/t22?,23-,27?,28?/m0/s1. The molecule has 5 rings (SSSR count). The highest BCUT2D eigenvalue weighted by Crippen LogP contribution is 2.37. The minimum absolute atomic E-state index is 0.0718. The Hall–Kier alpha value is -2.78. The number of nitrogens with one attached hydrogen (secondary N) is 3. The van der Waals surface area contributed by atoms with Gasteiger partial charge in [-0.15, -0.1) is 0 Å². The van der Waals surface area contributed by atoms with Crippen LogP contribution in [0.1, 0.15) is 49.1 Å². The van der Waals surface area contributed by atoms with Crippen LogP contribution in [0.5, 0.6) is 0 Å². The van der Waals surface area contributed by atoms with E-state index in [1.165, 1.54) is 22.5 Å². The van der Waals surface area contributed by atoms with Gasteiger partial charge in [0.2, 0.25) is 15.9 Å². The van der Waals surface area contributed by atoms with E-state index in [4.69, 9.17) is 11.6 Å². The number of nitrogens with zero attached hydrogens (tertiary/aromatic N) is 1. The van der Waals surface area contributed by atoms with Gasteiger partial charge in [-0.1, -0.05) is 29.8 Å². The first-order valence-electron chi connectivity index (χ1n) is 15.1. The van der Waals surface area contributed by atoms with Gasteiger partial charge in [0, 0.05) is 47.4 Å². The molecule has 246 valence electrons. The summed E-state index contributed by atoms with van der Waals surface area (Å²) in [7, 11) is -6.69. The number of anilines is 1. The van der Waals surface area contributed by atoms with Crippen molar-refractivity contribution >= 4 is 49.1 Å². The molecule has 0 spiro atoms. The van der Waals surface area contributed by atoms with E-state index in [2.05, 4.69) is 16.0 Å². The number of hydrogen-bond acceptors (Lipinski definition) is 7. The summed E-state index contributed by atoms with van der Waals surface area (Å²) < 4.78 is 67.0. The van der Waals surface area contributed by atoms with Gasteiger partial charge in [-0.05, 0) is 74.3 Å². The Morgan fingerprint density at radius 3 is 2.44 bits per heavy atom. The molecule has 3 fully saturated rings. The molecule has 5 atom stereocenters. The summed E-state index contributed by atoms with van der Waals surface area (Å²) in [4.78, 5) is 25.9. The number of fused-ring (bicyclic) bond motifs is 2. The molecule has 0 saturated carbocycles. The number of piperazine rings is 1. The molecule has 4 N–H and O–H groups in total. The van der Waals surface area contributed by atoms with Crippen LogP contribution in [0.3, 0.4) is 0 Å². The monoisotopic (exact) mass is 684 g/mol. The number of carbonyl (C=O) groups excluding carboxylic acids is 1. The molecule has 2 aromatic rings. The minimum atomic E-state index is -3.44. The third kappa shape index (κ3) is 8.15. The Kier molecular flexibility index (Phi) is 10.4. The van der Waals surface area contributed by atoms with Crippen LogP contribution in [-0.4, -0.2) is 86.7 Å². The number of benzene rings is 2. The zero-order valence-electron chi connectivity index (χ0n) is 24.6. The lowest BCUT2D eigenvalue weighted by Crippen LogP contribution is -2.57. The Morgan fingerprint density at radius 1 is 1.04 bits per heavy atom. The summed E-state index contributed by atoms with van der Waals surface area (Å²) >= 11 is 6.10. The first-order chi connectivity index (χ1) is 21.3. The van der Waals surface area contributed by atoms with Crippen molar-refractivity contribution in [3.8, 4) is 0 Å². The maximum absolute atomic E-state index is 15.3. The predicted octanol–water partition coefficient (Wildman–Crippen LogP) is 3.36. The molecule has 2 bridgehead atoms. The molecule has 11 nitrogen and oxygen atoms in total. The van der Waals surface area contributed by atoms with Crippen molar-refractivity contribution < 1.29 is 35.9 Å². The quantitative estimate of drug-likeness (QED) is 0.313. The van der Waals surface area contributed by atoms with Crippen molar-refractivity contribution in [3.63, 3.8) is 0 Å². The molecule has 15 heteroatoms. The minimum Gasteiger partial charge on any atom is -0.465 e. The Labute approximate surface area is 267 Å². The second-order valence-corrected chi connectivity index (χ2v) is 16.9. The van der Waals surface area contributed by atoms with Crippen molar-refractivity contribution in [1.82, 2.24) is 14.9 Å². The molecule has 2 aromatic carbocycles. The van der Waals surface area contributed by atoms with Crippen LogP contribution in [0.2, 0.25) is 5.02 Å². The first kappa shape index (κ1) is 33.6. The summed E-state index contributed by atoms with van der Waals surface area (Å²) in [6.45, 7) is 0.801. The average molecular weight is 685 g/mol. The first-order valence-corrected chi connectivity index (χ1v) is 18.9. The summed E-state index contributed by atoms with van der Waals surface area (Å²) in [5.74, 6) is -2.48. The number of carboxylic acid groups (broad SMARTS) is 1. The molecule has 45 heavy (non-hydrogen) atoms. The maximum Gasteiger partial charge on any atom is 0.405 e. The zero-order chi connectivity index (χ0) is 32.4. The van der Waals surface area contributed by atoms with E-state index < -0.39 is 49.6 Å². The van der Waals surface area contributed by atoms with Crippen LogP contribution in [0.25, 0.3) is 0 Å². The largest absolute Gasteiger partial charge is 0.465 e. The molecule has 3 aliphatic rings. The Bertz CT molecular complexity index is 1610. The summed E-state index contributed by atoms with van der Waals surface area (Å²) in [6, 6.07) is 9.19. The molecular weight excluding hydrogens is 647 g/mol. The maximum atomic E-state index is 15.3. The molecule has 0 radical (unpaired) electrons. The number of rotatable bonds is 9. The van der Waals surface area contributed by atoms with Gasteiger partial charge in [-0.25, -0.2) is 26.0 Å². The third-order valence-electron chi connectivity index (χ3n) is 9.15. The average Bonchev–Trinajstić information content (AvgIpc) is 3.09. The Balaban J connectivity index is 1.40. The molecule has 3 heterocycles. The fourth-order valence-electron chi connectivity index (χ4n) is 6.84. The van der Waals surface area contributed by atoms with Crippen molar-refractivity contribution in [2.24, 2.45) is 5.92 Å². The van der Waals surface area contributed by atoms with E-state index in [9.17, 15) is 31.5 Å². The van der Waals surface area contributed by atoms with E-state index >= 15 is 4.39 Å². The van der Waals surface area contributed by atoms with Crippen LogP contribution in [0, 0.1) is 11.7 Å². The van der Waals surface area contributed by atoms with E-state index in [-0.39, 0.29) is 65.8 Å². The van der Waals surface area contributed by atoms with Crippen molar-refractivity contribution in [2.45, 2.75) is 62.6 Å². The van der Waals surface area contributed by atoms with Gasteiger partial charge >= 0.3 is 6.09 Å². The summed E-state index contributed by atoms with van der Waals surface area (Å²) in [5.41, 5.74) is 0.943. The van der Waals surface area contributed by atoms with Crippen molar-refractivity contribution in [1.29, 1.82) is 0 Å². The third-order valence-corrected chi connectivity index (χ3v) is 13.1. The molecule has 0 aliphatic carbocycles. The summed E-state index contributed by atoms with van der Waals surface area (Å²) in [6.07, 6.45) is 0.812. The smallest absolute Gasteiger partial charge is 0.405 e. The SMILES string of the molecule is O=C(O)NC(C(=O)Nc1cccc(F)c1CC[C@H]1CNC2CCCS(=O)(=O)N1C2)C(c1ccc(Cl)cc1)C1CCS(=O)(=O)CC1. The van der Waals surface area contributed by atoms with Gasteiger partial charge in [0.1, 0.15) is 21.7 Å². The predicted molar refractivity (Wildman–Crippen MR) is 169 cm³/mol. The number of sulfonamides is 1. The van der Waals surface area contributed by atoms with E-state index in [1.807, 2.05) is 0 Å². The molecule has 2 amide bonds. The van der Waals surface area contributed by atoms with Gasteiger partial charge in [0.25, 0.3) is 0 Å². The molecule has 3 aliphatic heterocycles. The Morgan fingerprint density at radius 2 is 1.76 bits per heavy atom. The topological polar surface area (TPSA) is 162 Å². The van der Waals surface area contributed by atoms with Gasteiger partial charge in [0.15, 0.2) is 0 Å². The molecule has 0 aromatic heterocycles. The van der Waals surface area contributed by atoms with Crippen LogP contribution in [0.15, 0.2) is 42.5 Å². The van der Waals surface area contributed by atoms with E-state index in [0.29, 0.717) is 36.5 Å². The van der Waals surface area contributed by atoms with Crippen LogP contribution >= 0.6 is 11.6 Å². The molecule has 3 saturated heterocycles. The van der Waals surface area contributed by atoms with Crippen LogP contribution in [-0.2, 0) is 31.1 Å². The summed E-state index contributed by atoms with van der Waals surface area (Å²) in [5, 5.41) is 18.7. The van der Waals surface area contributed by atoms with Gasteiger partial charge in [0.05, 0.1) is 17.3 Å². The van der Waals surface area contributed by atoms with Crippen LogP contribution < -0.4 is 16.0 Å². The second kappa shape index (κ2) is 13.9. The van der Waals surface area contributed by atoms with Crippen LogP contribution in [0.4, 0.5) is 14.9 Å². The lowest BCUT2D eigenvalue weighted by molar-refractivity contribution is -0.119. The highest BCUT2D eigenvalue weighted by atomic mass is 35.5. The fraction of sp³-hybridized carbons (Fsp3) is 0.533. The van der Waals surface area contributed by atoms with Crippen molar-refractivity contribution in [3.05, 3.63) is 64.4 Å². The molecular formula is C30H38ClFN4O7S2. The van der Waals surface area contributed by atoms with E-state index in [0.717, 1.165) is 6.42 Å².